The van der Waals surface area contributed by atoms with E-state index >= 15 is 0 Å². The molecule has 1 heterocycles. The van der Waals surface area contributed by atoms with Crippen LogP contribution in [0.1, 0.15) is 0 Å². The molecule has 0 radical (unpaired) electrons. The van der Waals surface area contributed by atoms with Gasteiger partial charge in [-0.05, 0) is 11.0 Å². The number of nitrogens with one attached hydrogen (secondary N) is 1. The molecule has 1 rings (SSSR count). The molecule has 0 unspecified atom stereocenters. The van der Waals surface area contributed by atoms with Gasteiger partial charge in [0.25, 0.3) is 0 Å². The summed E-state index contributed by atoms with van der Waals surface area (Å²) in [5, 5.41) is 2.46. The van der Waals surface area contributed by atoms with Crippen LogP contribution < -0.4 is 5.32 Å². The zero-order chi connectivity index (χ0) is 4.41. The van der Waals surface area contributed by atoms with E-state index in [4.69, 9.17) is 0 Å². The highest BCUT2D eigenvalue weighted by Crippen LogP contribution is 1.82. The van der Waals surface area contributed by atoms with Crippen LogP contribution in [0.2, 0.25) is 0 Å². The van der Waals surface area contributed by atoms with Crippen molar-refractivity contribution in [1.29, 1.82) is 0 Å². The van der Waals surface area contributed by atoms with E-state index in [1.807, 2.05) is 0 Å². The van der Waals surface area contributed by atoms with Crippen LogP contribution in [-0.4, -0.2) is 30.2 Å². The summed E-state index contributed by atoms with van der Waals surface area (Å²) in [5.74, 6) is 0. The molecule has 1 aliphatic rings. The summed E-state index contributed by atoms with van der Waals surface area (Å²) in [7, 11) is 0. The largest absolute Gasteiger partial charge is 0.448 e. The molecule has 0 saturated carbocycles. The molecular weight excluding hydrogens is 110 g/mol. The second-order valence-corrected chi connectivity index (χ2v) is 1.06. The average molecular weight is 119 g/mol. The first kappa shape index (κ1) is 6.49. The molecule has 0 aromatic heterocycles. The molecule has 0 spiro atoms. The van der Waals surface area contributed by atoms with Crippen LogP contribution in [0.25, 0.3) is 0 Å². The lowest BCUT2D eigenvalue weighted by molar-refractivity contribution is 0.178. The van der Waals surface area contributed by atoms with Gasteiger partial charge in [0.2, 0.25) is 0 Å². The molecule has 0 aliphatic carbocycles. The van der Waals surface area contributed by atoms with Gasteiger partial charge in [-0.25, -0.2) is 4.79 Å². The Bertz CT molecular complexity index is 67.3. The molecule has 42 valence electrons. The first-order chi connectivity index (χ1) is 2.89. The van der Waals surface area contributed by atoms with E-state index in [-0.39, 0.29) is 17.1 Å². The molecular formula is C3H9NO2Si. The van der Waals surface area contributed by atoms with E-state index in [0.717, 1.165) is 0 Å². The lowest BCUT2D eigenvalue weighted by Crippen LogP contribution is -2.11. The minimum absolute atomic E-state index is 0. The first-order valence-electron chi connectivity index (χ1n) is 1.80. The van der Waals surface area contributed by atoms with Gasteiger partial charge in [-0.15, -0.1) is 0 Å². The Hall–Kier alpha value is -0.513. The fourth-order valence-corrected chi connectivity index (χ4v) is 0.348. The van der Waals surface area contributed by atoms with Gasteiger partial charge in [-0.3, -0.25) is 0 Å². The van der Waals surface area contributed by atoms with Crippen molar-refractivity contribution in [3.63, 3.8) is 0 Å². The molecule has 1 saturated heterocycles. The normalized spacial score (nSPS) is 16.9. The maximum Gasteiger partial charge on any atom is 0.407 e. The van der Waals surface area contributed by atoms with Crippen molar-refractivity contribution >= 4 is 17.1 Å². The Morgan fingerprint density at radius 3 is 2.57 bits per heavy atom. The molecule has 4 heteroatoms. The van der Waals surface area contributed by atoms with Gasteiger partial charge >= 0.3 is 6.09 Å². The van der Waals surface area contributed by atoms with Crippen molar-refractivity contribution in [2.24, 2.45) is 0 Å². The molecule has 7 heavy (non-hydrogen) atoms. The number of carbonyl (C=O) groups is 1. The predicted octanol–water partition coefficient (Wildman–Crippen LogP) is -1.73. The highest BCUT2D eigenvalue weighted by Gasteiger charge is 2.06. The van der Waals surface area contributed by atoms with Crippen LogP contribution in [0.5, 0.6) is 0 Å². The van der Waals surface area contributed by atoms with Crippen molar-refractivity contribution in [3.05, 3.63) is 0 Å². The van der Waals surface area contributed by atoms with E-state index in [0.29, 0.717) is 13.2 Å². The average Bonchev–Trinajstić information content (AvgIpc) is 1.86. The maximum atomic E-state index is 9.91. The Labute approximate surface area is 46.1 Å². The number of ether oxygens (including phenoxy) is 1. The number of cyclic esters (lactones) is 1. The summed E-state index contributed by atoms with van der Waals surface area (Å²) in [6.45, 7) is 1.19. The fraction of sp³-hybridized carbons (Fsp3) is 0.667. The summed E-state index contributed by atoms with van der Waals surface area (Å²) in [6, 6.07) is 0. The fourth-order valence-electron chi connectivity index (χ4n) is 0.348. The summed E-state index contributed by atoms with van der Waals surface area (Å²) in [6.07, 6.45) is -0.296. The van der Waals surface area contributed by atoms with Gasteiger partial charge in [0.15, 0.2) is 0 Å². The molecule has 0 atom stereocenters. The van der Waals surface area contributed by atoms with Crippen molar-refractivity contribution in [2.45, 2.75) is 0 Å². The summed E-state index contributed by atoms with van der Waals surface area (Å²) >= 11 is 0. The lowest BCUT2D eigenvalue weighted by Gasteiger charge is -1.80. The third-order valence-electron chi connectivity index (χ3n) is 0.605. The second kappa shape index (κ2) is 2.63. The number of rotatable bonds is 0. The van der Waals surface area contributed by atoms with Crippen molar-refractivity contribution in [3.8, 4) is 0 Å². The predicted molar refractivity (Wildman–Crippen MR) is 30.7 cm³/mol. The lowest BCUT2D eigenvalue weighted by atomic mass is 10.7. The highest BCUT2D eigenvalue weighted by atomic mass is 28.1. The van der Waals surface area contributed by atoms with Crippen molar-refractivity contribution in [2.75, 3.05) is 13.2 Å². The highest BCUT2D eigenvalue weighted by molar-refractivity contribution is 5.75. The summed E-state index contributed by atoms with van der Waals surface area (Å²) in [4.78, 5) is 9.91. The first-order valence-corrected chi connectivity index (χ1v) is 1.80. The molecule has 1 amide bonds. The maximum absolute atomic E-state index is 9.91. The van der Waals surface area contributed by atoms with Crippen LogP contribution in [0.3, 0.4) is 0 Å². The number of hydrogen-bond donors (Lipinski definition) is 1. The van der Waals surface area contributed by atoms with Gasteiger partial charge < -0.3 is 10.1 Å². The monoisotopic (exact) mass is 119 g/mol. The Kier molecular flexibility index (Phi) is 2.43. The van der Waals surface area contributed by atoms with Gasteiger partial charge in [0, 0.05) is 0 Å². The van der Waals surface area contributed by atoms with E-state index in [9.17, 15) is 4.79 Å². The zero-order valence-corrected chi connectivity index (χ0v) is 3.23. The second-order valence-electron chi connectivity index (χ2n) is 1.06. The Morgan fingerprint density at radius 1 is 1.71 bits per heavy atom. The zero-order valence-electron chi connectivity index (χ0n) is 3.23. The van der Waals surface area contributed by atoms with Gasteiger partial charge in [0.05, 0.1) is 6.54 Å². The van der Waals surface area contributed by atoms with E-state index in [1.54, 1.807) is 0 Å². The minimum atomic E-state index is -0.296. The smallest absolute Gasteiger partial charge is 0.407 e. The van der Waals surface area contributed by atoms with E-state index in [2.05, 4.69) is 10.1 Å². The van der Waals surface area contributed by atoms with Crippen LogP contribution in [0.15, 0.2) is 0 Å². The third kappa shape index (κ3) is 1.59. The minimum Gasteiger partial charge on any atom is -0.448 e. The van der Waals surface area contributed by atoms with Crippen LogP contribution in [0.4, 0.5) is 4.79 Å². The molecule has 1 fully saturated rings. The molecule has 1 N–H and O–H groups in total. The summed E-state index contributed by atoms with van der Waals surface area (Å²) < 4.78 is 4.40. The number of hydrogen-bond acceptors (Lipinski definition) is 2. The van der Waals surface area contributed by atoms with Crippen molar-refractivity contribution < 1.29 is 9.53 Å². The van der Waals surface area contributed by atoms with Crippen LogP contribution in [0, 0.1) is 0 Å². The molecule has 1 aliphatic heterocycles. The van der Waals surface area contributed by atoms with Gasteiger partial charge in [-0.1, -0.05) is 0 Å². The van der Waals surface area contributed by atoms with Gasteiger partial charge in [0.1, 0.15) is 6.61 Å². The van der Waals surface area contributed by atoms with Crippen LogP contribution in [-0.2, 0) is 4.74 Å². The van der Waals surface area contributed by atoms with Crippen molar-refractivity contribution in [1.82, 2.24) is 5.32 Å². The third-order valence-corrected chi connectivity index (χ3v) is 0.605. The Balaban J connectivity index is 0.000000360. The number of alkyl carbamates (subject to hydrolysis) is 1. The number of carbonyl (C=O) groups excluding carboxylic acids is 1. The quantitative estimate of drug-likeness (QED) is 0.385. The topological polar surface area (TPSA) is 38.3 Å². The summed E-state index contributed by atoms with van der Waals surface area (Å²) in [5.41, 5.74) is 0. The standard InChI is InChI=1S/C3H5NO2.H4Si/c5-3-4-1-2-6-3;/h1-2H2,(H,4,5);1H4. The molecule has 0 aromatic rings. The molecule has 3 nitrogen and oxygen atoms in total. The van der Waals surface area contributed by atoms with E-state index < -0.39 is 0 Å². The number of amides is 1. The van der Waals surface area contributed by atoms with E-state index in [1.165, 1.54) is 0 Å². The SMILES string of the molecule is O=C1NCCO1.[SiH4]. The molecule has 0 bridgehead atoms. The van der Waals surface area contributed by atoms with Crippen LogP contribution >= 0.6 is 0 Å². The Morgan fingerprint density at radius 2 is 2.43 bits per heavy atom. The molecule has 0 aromatic carbocycles. The van der Waals surface area contributed by atoms with Gasteiger partial charge in [-0.2, -0.15) is 0 Å².